The fourth-order valence-corrected chi connectivity index (χ4v) is 3.21. The number of nitrogens with zero attached hydrogens (tertiary/aromatic N) is 3. The highest BCUT2D eigenvalue weighted by atomic mass is 32.2. The number of hydrogen-bond acceptors (Lipinski definition) is 4. The van der Waals surface area contributed by atoms with Crippen LogP contribution >= 0.6 is 11.8 Å². The van der Waals surface area contributed by atoms with Gasteiger partial charge in [0, 0.05) is 24.4 Å². The lowest BCUT2D eigenvalue weighted by Gasteiger charge is -2.09. The van der Waals surface area contributed by atoms with Crippen LogP contribution in [0.25, 0.3) is 11.4 Å². The van der Waals surface area contributed by atoms with Crippen molar-refractivity contribution in [3.63, 3.8) is 0 Å². The smallest absolute Gasteiger partial charge is 0.191 e. The first-order valence-electron chi connectivity index (χ1n) is 7.34. The predicted octanol–water partition coefficient (Wildman–Crippen LogP) is 3.34. The third-order valence-electron chi connectivity index (χ3n) is 3.36. The SMILES string of the molecule is NCCn1c(SCc2cccc(F)c2)nnc1-c1ccccc1. The molecular formula is C17H17FN4S. The van der Waals surface area contributed by atoms with Crippen molar-refractivity contribution in [3.05, 3.63) is 66.0 Å². The van der Waals surface area contributed by atoms with Gasteiger partial charge in [-0.3, -0.25) is 0 Å². The molecular weight excluding hydrogens is 311 g/mol. The van der Waals surface area contributed by atoms with E-state index in [-0.39, 0.29) is 5.82 Å². The van der Waals surface area contributed by atoms with Crippen LogP contribution in [0.15, 0.2) is 59.8 Å². The Labute approximate surface area is 138 Å². The molecule has 2 aromatic carbocycles. The van der Waals surface area contributed by atoms with Gasteiger partial charge >= 0.3 is 0 Å². The third-order valence-corrected chi connectivity index (χ3v) is 4.40. The monoisotopic (exact) mass is 328 g/mol. The Hall–Kier alpha value is -2.18. The Morgan fingerprint density at radius 2 is 1.87 bits per heavy atom. The molecule has 2 N–H and O–H groups in total. The van der Waals surface area contributed by atoms with E-state index in [1.807, 2.05) is 41.0 Å². The van der Waals surface area contributed by atoms with Crippen LogP contribution in [0.3, 0.4) is 0 Å². The number of aromatic nitrogens is 3. The van der Waals surface area contributed by atoms with E-state index >= 15 is 0 Å². The number of hydrogen-bond donors (Lipinski definition) is 1. The summed E-state index contributed by atoms with van der Waals surface area (Å²) in [7, 11) is 0. The molecule has 0 spiro atoms. The van der Waals surface area contributed by atoms with Gasteiger partial charge in [0.25, 0.3) is 0 Å². The van der Waals surface area contributed by atoms with Gasteiger partial charge < -0.3 is 10.3 Å². The minimum Gasteiger partial charge on any atom is -0.329 e. The van der Waals surface area contributed by atoms with Crippen molar-refractivity contribution in [1.82, 2.24) is 14.8 Å². The first-order valence-corrected chi connectivity index (χ1v) is 8.32. The van der Waals surface area contributed by atoms with E-state index in [1.165, 1.54) is 23.9 Å². The molecule has 0 aliphatic rings. The molecule has 1 heterocycles. The maximum atomic E-state index is 13.3. The number of benzene rings is 2. The quantitative estimate of drug-likeness (QED) is 0.705. The summed E-state index contributed by atoms with van der Waals surface area (Å²) in [6.45, 7) is 1.15. The van der Waals surface area contributed by atoms with Gasteiger partial charge in [0.15, 0.2) is 11.0 Å². The summed E-state index contributed by atoms with van der Waals surface area (Å²) < 4.78 is 15.3. The molecule has 4 nitrogen and oxygen atoms in total. The summed E-state index contributed by atoms with van der Waals surface area (Å²) >= 11 is 1.53. The highest BCUT2D eigenvalue weighted by Gasteiger charge is 2.13. The first kappa shape index (κ1) is 15.7. The van der Waals surface area contributed by atoms with Crippen LogP contribution in [0.4, 0.5) is 4.39 Å². The maximum Gasteiger partial charge on any atom is 0.191 e. The molecule has 0 amide bonds. The Morgan fingerprint density at radius 3 is 2.61 bits per heavy atom. The predicted molar refractivity (Wildman–Crippen MR) is 90.5 cm³/mol. The molecule has 0 radical (unpaired) electrons. The van der Waals surface area contributed by atoms with E-state index in [1.54, 1.807) is 6.07 Å². The second-order valence-corrected chi connectivity index (χ2v) is 5.97. The van der Waals surface area contributed by atoms with E-state index in [0.717, 1.165) is 22.1 Å². The standard InChI is InChI=1S/C17H17FN4S/c18-15-8-4-5-13(11-15)12-23-17-21-20-16(22(17)10-9-19)14-6-2-1-3-7-14/h1-8,11H,9-10,12,19H2. The summed E-state index contributed by atoms with van der Waals surface area (Å²) in [5.41, 5.74) is 7.65. The van der Waals surface area contributed by atoms with Gasteiger partial charge in [-0.2, -0.15) is 0 Å². The normalized spacial score (nSPS) is 10.9. The molecule has 1 aromatic heterocycles. The van der Waals surface area contributed by atoms with Crippen LogP contribution in [0, 0.1) is 5.82 Å². The van der Waals surface area contributed by atoms with E-state index < -0.39 is 0 Å². The highest BCUT2D eigenvalue weighted by molar-refractivity contribution is 7.98. The molecule has 0 saturated carbocycles. The third kappa shape index (κ3) is 3.78. The van der Waals surface area contributed by atoms with Gasteiger partial charge in [-0.25, -0.2) is 4.39 Å². The summed E-state index contributed by atoms with van der Waals surface area (Å²) in [4.78, 5) is 0. The molecule has 0 bridgehead atoms. The van der Waals surface area contributed by atoms with Crippen LogP contribution in [-0.2, 0) is 12.3 Å². The minimum absolute atomic E-state index is 0.225. The molecule has 3 aromatic rings. The zero-order valence-electron chi connectivity index (χ0n) is 12.5. The molecule has 0 fully saturated rings. The Morgan fingerprint density at radius 1 is 1.04 bits per heavy atom. The fourth-order valence-electron chi connectivity index (χ4n) is 2.30. The second-order valence-electron chi connectivity index (χ2n) is 5.03. The van der Waals surface area contributed by atoms with E-state index in [0.29, 0.717) is 18.8 Å². The Kier molecular flexibility index (Phi) is 5.05. The summed E-state index contributed by atoms with van der Waals surface area (Å²) in [6, 6.07) is 16.5. The van der Waals surface area contributed by atoms with Gasteiger partial charge in [0.05, 0.1) is 0 Å². The molecule has 0 aliphatic heterocycles. The average Bonchev–Trinajstić information content (AvgIpc) is 2.97. The van der Waals surface area contributed by atoms with Gasteiger partial charge in [0.1, 0.15) is 5.82 Å². The lowest BCUT2D eigenvalue weighted by molar-refractivity contribution is 0.626. The van der Waals surface area contributed by atoms with Crippen LogP contribution < -0.4 is 5.73 Å². The van der Waals surface area contributed by atoms with Crippen molar-refractivity contribution < 1.29 is 4.39 Å². The van der Waals surface area contributed by atoms with Gasteiger partial charge in [-0.05, 0) is 17.7 Å². The number of halogens is 1. The Balaban J connectivity index is 1.83. The molecule has 0 unspecified atom stereocenters. The molecule has 118 valence electrons. The van der Waals surface area contributed by atoms with Gasteiger partial charge in [0.2, 0.25) is 0 Å². The molecule has 0 atom stereocenters. The Bertz CT molecular complexity index is 773. The second kappa shape index (κ2) is 7.39. The molecule has 0 saturated heterocycles. The lowest BCUT2D eigenvalue weighted by atomic mass is 10.2. The molecule has 3 rings (SSSR count). The van der Waals surface area contributed by atoms with E-state index in [4.69, 9.17) is 5.73 Å². The van der Waals surface area contributed by atoms with Crippen molar-refractivity contribution in [1.29, 1.82) is 0 Å². The van der Waals surface area contributed by atoms with E-state index in [9.17, 15) is 4.39 Å². The minimum atomic E-state index is -0.225. The number of nitrogens with two attached hydrogens (primary N) is 1. The van der Waals surface area contributed by atoms with Crippen LogP contribution in [0.5, 0.6) is 0 Å². The van der Waals surface area contributed by atoms with Crippen molar-refractivity contribution in [3.8, 4) is 11.4 Å². The van der Waals surface area contributed by atoms with Crippen LogP contribution in [-0.4, -0.2) is 21.3 Å². The van der Waals surface area contributed by atoms with Crippen LogP contribution in [0.2, 0.25) is 0 Å². The summed E-state index contributed by atoms with van der Waals surface area (Å²) in [6.07, 6.45) is 0. The van der Waals surface area contributed by atoms with Crippen molar-refractivity contribution >= 4 is 11.8 Å². The van der Waals surface area contributed by atoms with Gasteiger partial charge in [-0.1, -0.05) is 54.2 Å². The molecule has 0 aliphatic carbocycles. The van der Waals surface area contributed by atoms with Crippen molar-refractivity contribution in [2.75, 3.05) is 6.54 Å². The topological polar surface area (TPSA) is 56.7 Å². The molecule has 6 heteroatoms. The van der Waals surface area contributed by atoms with Crippen LogP contribution in [0.1, 0.15) is 5.56 Å². The lowest BCUT2D eigenvalue weighted by Crippen LogP contribution is -2.12. The maximum absolute atomic E-state index is 13.3. The highest BCUT2D eigenvalue weighted by Crippen LogP contribution is 2.26. The summed E-state index contributed by atoms with van der Waals surface area (Å²) in [5.74, 6) is 1.21. The summed E-state index contributed by atoms with van der Waals surface area (Å²) in [5, 5.41) is 9.36. The average molecular weight is 328 g/mol. The van der Waals surface area contributed by atoms with Crippen molar-refractivity contribution in [2.24, 2.45) is 5.73 Å². The fraction of sp³-hybridized carbons (Fsp3) is 0.176. The zero-order chi connectivity index (χ0) is 16.1. The van der Waals surface area contributed by atoms with E-state index in [2.05, 4.69) is 10.2 Å². The molecule has 23 heavy (non-hydrogen) atoms. The first-order chi connectivity index (χ1) is 11.3. The number of thioether (sulfide) groups is 1. The van der Waals surface area contributed by atoms with Crippen molar-refractivity contribution in [2.45, 2.75) is 17.5 Å². The van der Waals surface area contributed by atoms with Gasteiger partial charge in [-0.15, -0.1) is 10.2 Å². The zero-order valence-corrected chi connectivity index (χ0v) is 13.3. The number of rotatable bonds is 6. The largest absolute Gasteiger partial charge is 0.329 e.